The van der Waals surface area contributed by atoms with Crippen LogP contribution in [0.1, 0.15) is 32.4 Å². The van der Waals surface area contributed by atoms with E-state index in [0.29, 0.717) is 5.69 Å². The van der Waals surface area contributed by atoms with Crippen LogP contribution >= 0.6 is 0 Å². The van der Waals surface area contributed by atoms with Crippen LogP contribution < -0.4 is 10.6 Å². The van der Waals surface area contributed by atoms with Gasteiger partial charge in [0.2, 0.25) is 0 Å². The third kappa shape index (κ3) is 4.35. The maximum absolute atomic E-state index is 11.8. The third-order valence-electron chi connectivity index (χ3n) is 3.55. The van der Waals surface area contributed by atoms with Crippen molar-refractivity contribution in [3.63, 3.8) is 0 Å². The Morgan fingerprint density at radius 1 is 1.45 bits per heavy atom. The largest absolute Gasteiger partial charge is 0.506 e. The number of piperazine rings is 1. The van der Waals surface area contributed by atoms with E-state index in [2.05, 4.69) is 22.6 Å². The van der Waals surface area contributed by atoms with Gasteiger partial charge in [-0.1, -0.05) is 6.07 Å². The molecule has 0 saturated carbocycles. The lowest BCUT2D eigenvalue weighted by Gasteiger charge is -2.33. The van der Waals surface area contributed by atoms with Crippen molar-refractivity contribution in [1.82, 2.24) is 10.2 Å². The number of phenolic OH excluding ortho intramolecular Hbond substituents is 1. The molecule has 1 aromatic carbocycles. The summed E-state index contributed by atoms with van der Waals surface area (Å²) in [7, 11) is 2.06. The maximum Gasteiger partial charge on any atom is 0.412 e. The number of carbonyl (C=O) groups excluding carboxylic acids is 1. The second-order valence-corrected chi connectivity index (χ2v) is 6.60. The highest BCUT2D eigenvalue weighted by Crippen LogP contribution is 2.30. The highest BCUT2D eigenvalue weighted by Gasteiger charge is 2.22. The number of phenols is 1. The number of nitrogens with zero attached hydrogens (tertiary/aromatic N) is 1. The van der Waals surface area contributed by atoms with Crippen LogP contribution in [0.3, 0.4) is 0 Å². The number of rotatable bonds is 2. The number of ether oxygens (including phenoxy) is 1. The molecule has 1 unspecified atom stereocenters. The molecule has 0 radical (unpaired) electrons. The van der Waals surface area contributed by atoms with E-state index in [-0.39, 0.29) is 11.8 Å². The molecule has 6 heteroatoms. The summed E-state index contributed by atoms with van der Waals surface area (Å²) in [6, 6.07) is 5.54. The number of amides is 1. The van der Waals surface area contributed by atoms with Gasteiger partial charge in [0.15, 0.2) is 0 Å². The maximum atomic E-state index is 11.8. The van der Waals surface area contributed by atoms with E-state index in [0.717, 1.165) is 25.2 Å². The first-order valence-corrected chi connectivity index (χ1v) is 7.50. The fraction of sp³-hybridized carbons (Fsp3) is 0.562. The second-order valence-electron chi connectivity index (χ2n) is 6.60. The normalized spacial score (nSPS) is 19.7. The number of hydrogen-bond acceptors (Lipinski definition) is 5. The summed E-state index contributed by atoms with van der Waals surface area (Å²) in [5, 5.41) is 16.1. The summed E-state index contributed by atoms with van der Waals surface area (Å²) >= 11 is 0. The smallest absolute Gasteiger partial charge is 0.412 e. The molecule has 0 spiro atoms. The lowest BCUT2D eigenvalue weighted by Crippen LogP contribution is -2.43. The number of aromatic hydroxyl groups is 1. The minimum Gasteiger partial charge on any atom is -0.506 e. The zero-order chi connectivity index (χ0) is 16.3. The van der Waals surface area contributed by atoms with Gasteiger partial charge in [0.25, 0.3) is 0 Å². The molecule has 1 heterocycles. The molecule has 3 N–H and O–H groups in total. The molecule has 6 nitrogen and oxygen atoms in total. The minimum absolute atomic E-state index is 0.0438. The topological polar surface area (TPSA) is 73.8 Å². The van der Waals surface area contributed by atoms with Crippen LogP contribution in [0, 0.1) is 0 Å². The van der Waals surface area contributed by atoms with Crippen molar-refractivity contribution in [3.8, 4) is 5.75 Å². The van der Waals surface area contributed by atoms with E-state index in [4.69, 9.17) is 4.74 Å². The fourth-order valence-electron chi connectivity index (χ4n) is 2.45. The molecule has 122 valence electrons. The number of benzene rings is 1. The van der Waals surface area contributed by atoms with Gasteiger partial charge in [-0.3, -0.25) is 10.2 Å². The van der Waals surface area contributed by atoms with E-state index in [9.17, 15) is 9.90 Å². The molecule has 1 amide bonds. The Morgan fingerprint density at radius 2 is 2.18 bits per heavy atom. The standard InChI is InChI=1S/C16H25N3O3/c1-16(2,3)22-15(21)18-12-6-5-11(9-14(12)20)13-10-17-7-8-19(13)4/h5-6,9,13,17,20H,7-8,10H2,1-4H3,(H,18,21). The Balaban J connectivity index is 2.08. The number of likely N-dealkylation sites (N-methyl/N-ethyl adjacent to an activating group) is 1. The molecule has 2 rings (SSSR count). The number of hydrogen-bond donors (Lipinski definition) is 3. The van der Waals surface area contributed by atoms with E-state index < -0.39 is 11.7 Å². The Kier molecular flexibility index (Phi) is 4.93. The van der Waals surface area contributed by atoms with Crippen molar-refractivity contribution in [1.29, 1.82) is 0 Å². The minimum atomic E-state index is -0.577. The molecule has 0 aromatic heterocycles. The van der Waals surface area contributed by atoms with Gasteiger partial charge in [0, 0.05) is 25.7 Å². The summed E-state index contributed by atoms with van der Waals surface area (Å²) in [4.78, 5) is 14.0. The van der Waals surface area contributed by atoms with Gasteiger partial charge in [0.1, 0.15) is 11.4 Å². The van der Waals surface area contributed by atoms with Gasteiger partial charge in [-0.05, 0) is 45.5 Å². The van der Waals surface area contributed by atoms with E-state index in [1.54, 1.807) is 32.9 Å². The second kappa shape index (κ2) is 6.54. The Labute approximate surface area is 131 Å². The highest BCUT2D eigenvalue weighted by atomic mass is 16.6. The zero-order valence-electron chi connectivity index (χ0n) is 13.6. The SMILES string of the molecule is CN1CCNCC1c1ccc(NC(=O)OC(C)(C)C)c(O)c1. The van der Waals surface area contributed by atoms with Crippen molar-refractivity contribution in [2.24, 2.45) is 0 Å². The molecular formula is C16H25N3O3. The zero-order valence-corrected chi connectivity index (χ0v) is 13.6. The predicted molar refractivity (Wildman–Crippen MR) is 86.2 cm³/mol. The quantitative estimate of drug-likeness (QED) is 0.731. The molecule has 1 aromatic rings. The first-order valence-electron chi connectivity index (χ1n) is 7.50. The van der Waals surface area contributed by atoms with Crippen LogP contribution in [0.2, 0.25) is 0 Å². The lowest BCUT2D eigenvalue weighted by atomic mass is 10.0. The number of carbonyl (C=O) groups is 1. The predicted octanol–water partition coefficient (Wildman–Crippen LogP) is 2.32. The Morgan fingerprint density at radius 3 is 2.77 bits per heavy atom. The van der Waals surface area contributed by atoms with Crippen LogP contribution in [0.15, 0.2) is 18.2 Å². The molecule has 1 aliphatic heterocycles. The van der Waals surface area contributed by atoms with Gasteiger partial charge >= 0.3 is 6.09 Å². The highest BCUT2D eigenvalue weighted by molar-refractivity contribution is 5.86. The number of nitrogens with one attached hydrogen (secondary N) is 2. The summed E-state index contributed by atoms with van der Waals surface area (Å²) in [5.74, 6) is 0.0438. The molecule has 1 fully saturated rings. The van der Waals surface area contributed by atoms with Crippen LogP contribution in [0.5, 0.6) is 5.75 Å². The summed E-state index contributed by atoms with van der Waals surface area (Å²) in [5.41, 5.74) is 0.794. The van der Waals surface area contributed by atoms with Crippen molar-refractivity contribution in [3.05, 3.63) is 23.8 Å². The van der Waals surface area contributed by atoms with Crippen LogP contribution in [-0.2, 0) is 4.74 Å². The summed E-state index contributed by atoms with van der Waals surface area (Å²) in [6.45, 7) is 8.15. The van der Waals surface area contributed by atoms with Gasteiger partial charge in [0.05, 0.1) is 5.69 Å². The molecule has 0 aliphatic carbocycles. The van der Waals surface area contributed by atoms with E-state index >= 15 is 0 Å². The van der Waals surface area contributed by atoms with Gasteiger partial charge in [-0.2, -0.15) is 0 Å². The molecule has 1 aliphatic rings. The lowest BCUT2D eigenvalue weighted by molar-refractivity contribution is 0.0635. The number of anilines is 1. The van der Waals surface area contributed by atoms with Gasteiger partial charge in [-0.25, -0.2) is 4.79 Å². The summed E-state index contributed by atoms with van der Waals surface area (Å²) < 4.78 is 5.18. The Hall–Kier alpha value is -1.79. The summed E-state index contributed by atoms with van der Waals surface area (Å²) in [6.07, 6.45) is -0.577. The monoisotopic (exact) mass is 307 g/mol. The third-order valence-corrected chi connectivity index (χ3v) is 3.55. The molecule has 22 heavy (non-hydrogen) atoms. The fourth-order valence-corrected chi connectivity index (χ4v) is 2.45. The Bertz CT molecular complexity index is 540. The van der Waals surface area contributed by atoms with E-state index in [1.165, 1.54) is 0 Å². The van der Waals surface area contributed by atoms with Crippen molar-refractivity contribution in [2.45, 2.75) is 32.4 Å². The van der Waals surface area contributed by atoms with Crippen molar-refractivity contribution in [2.75, 3.05) is 32.0 Å². The first kappa shape index (κ1) is 16.6. The van der Waals surface area contributed by atoms with Crippen LogP contribution in [-0.4, -0.2) is 48.4 Å². The molecule has 1 atom stereocenters. The van der Waals surface area contributed by atoms with Gasteiger partial charge in [-0.15, -0.1) is 0 Å². The van der Waals surface area contributed by atoms with Crippen molar-refractivity contribution < 1.29 is 14.6 Å². The molecule has 0 bridgehead atoms. The van der Waals surface area contributed by atoms with Crippen molar-refractivity contribution >= 4 is 11.8 Å². The molecule has 1 saturated heterocycles. The average Bonchev–Trinajstić information content (AvgIpc) is 2.39. The molecular weight excluding hydrogens is 282 g/mol. The van der Waals surface area contributed by atoms with Crippen LogP contribution in [0.25, 0.3) is 0 Å². The van der Waals surface area contributed by atoms with Gasteiger partial charge < -0.3 is 15.2 Å². The first-order chi connectivity index (χ1) is 10.3. The van der Waals surface area contributed by atoms with Crippen LogP contribution in [0.4, 0.5) is 10.5 Å². The van der Waals surface area contributed by atoms with E-state index in [1.807, 2.05) is 6.07 Å². The average molecular weight is 307 g/mol.